The van der Waals surface area contributed by atoms with Gasteiger partial charge in [-0.3, -0.25) is 4.79 Å². The summed E-state index contributed by atoms with van der Waals surface area (Å²) in [6, 6.07) is 9.93. The first-order valence-electron chi connectivity index (χ1n) is 10.1. The number of urea groups is 1. The van der Waals surface area contributed by atoms with Gasteiger partial charge < -0.3 is 15.5 Å². The van der Waals surface area contributed by atoms with Crippen LogP contribution in [0.5, 0.6) is 0 Å². The van der Waals surface area contributed by atoms with E-state index in [-0.39, 0.29) is 11.9 Å². The molecule has 2 N–H and O–H groups in total. The van der Waals surface area contributed by atoms with E-state index in [2.05, 4.69) is 10.6 Å². The fourth-order valence-corrected chi connectivity index (χ4v) is 4.23. The first kappa shape index (κ1) is 18.7. The third kappa shape index (κ3) is 5.48. The molecule has 0 spiro atoms. The van der Waals surface area contributed by atoms with Crippen molar-refractivity contribution in [3.63, 3.8) is 0 Å². The molecule has 26 heavy (non-hydrogen) atoms. The van der Waals surface area contributed by atoms with E-state index in [4.69, 9.17) is 0 Å². The van der Waals surface area contributed by atoms with Crippen LogP contribution in [0.4, 0.5) is 4.79 Å². The second-order valence-electron chi connectivity index (χ2n) is 7.64. The lowest BCUT2D eigenvalue weighted by Crippen LogP contribution is -2.48. The summed E-state index contributed by atoms with van der Waals surface area (Å²) in [6.07, 6.45) is 7.56. The Morgan fingerprint density at radius 1 is 1.00 bits per heavy atom. The lowest BCUT2D eigenvalue weighted by Gasteiger charge is -2.41. The van der Waals surface area contributed by atoms with Gasteiger partial charge >= 0.3 is 6.03 Å². The maximum atomic E-state index is 12.3. The van der Waals surface area contributed by atoms with Crippen LogP contribution in [0.25, 0.3) is 0 Å². The van der Waals surface area contributed by atoms with E-state index in [1.165, 1.54) is 25.7 Å². The van der Waals surface area contributed by atoms with Gasteiger partial charge in [0.15, 0.2) is 0 Å². The van der Waals surface area contributed by atoms with Crippen molar-refractivity contribution >= 4 is 11.9 Å². The summed E-state index contributed by atoms with van der Waals surface area (Å²) >= 11 is 0. The normalized spacial score (nSPS) is 22.4. The molecule has 5 heteroatoms. The summed E-state index contributed by atoms with van der Waals surface area (Å²) in [4.78, 5) is 26.2. The van der Waals surface area contributed by atoms with Crippen LogP contribution in [0, 0.1) is 11.8 Å². The molecule has 1 saturated carbocycles. The molecule has 0 radical (unpaired) electrons. The van der Waals surface area contributed by atoms with Crippen LogP contribution < -0.4 is 10.6 Å². The van der Waals surface area contributed by atoms with Crippen LogP contribution in [0.15, 0.2) is 30.3 Å². The summed E-state index contributed by atoms with van der Waals surface area (Å²) in [5.74, 6) is 1.57. The number of hydrogen-bond donors (Lipinski definition) is 2. The van der Waals surface area contributed by atoms with Gasteiger partial charge in [0.25, 0.3) is 0 Å². The molecular formula is C21H31N3O2. The van der Waals surface area contributed by atoms with Gasteiger partial charge in [0.1, 0.15) is 0 Å². The number of benzene rings is 1. The molecule has 3 rings (SSSR count). The highest BCUT2D eigenvalue weighted by Gasteiger charge is 2.32. The third-order valence-electron chi connectivity index (χ3n) is 5.77. The molecular weight excluding hydrogens is 326 g/mol. The highest BCUT2D eigenvalue weighted by molar-refractivity contribution is 5.76. The molecule has 2 atom stereocenters. The molecule has 1 aliphatic carbocycles. The number of nitrogens with one attached hydrogen (secondary N) is 2. The first-order chi connectivity index (χ1) is 12.7. The van der Waals surface area contributed by atoms with E-state index >= 15 is 0 Å². The van der Waals surface area contributed by atoms with Crippen LogP contribution in [-0.2, 0) is 11.3 Å². The van der Waals surface area contributed by atoms with E-state index in [9.17, 15) is 9.59 Å². The lowest BCUT2D eigenvalue weighted by molar-refractivity contribution is -0.121. The van der Waals surface area contributed by atoms with E-state index < -0.39 is 0 Å². The van der Waals surface area contributed by atoms with E-state index in [1.54, 1.807) is 0 Å². The van der Waals surface area contributed by atoms with Gasteiger partial charge in [-0.05, 0) is 36.7 Å². The average Bonchev–Trinajstić information content (AvgIpc) is 2.70. The van der Waals surface area contributed by atoms with E-state index in [0.29, 0.717) is 31.8 Å². The standard InChI is InChI=1S/C21H31N3O2/c25-20(23-15-17-7-2-1-3-8-17)11-6-13-22-21(26)24-14-12-18-9-4-5-10-19(18)16-24/h1-3,7-8,18-19H,4-6,9-16H2,(H,22,26)(H,23,25). The van der Waals surface area contributed by atoms with Crippen molar-refractivity contribution in [1.82, 2.24) is 15.5 Å². The van der Waals surface area contributed by atoms with Crippen molar-refractivity contribution < 1.29 is 9.59 Å². The van der Waals surface area contributed by atoms with Gasteiger partial charge in [0, 0.05) is 32.6 Å². The van der Waals surface area contributed by atoms with Gasteiger partial charge in [-0.25, -0.2) is 4.79 Å². The summed E-state index contributed by atoms with van der Waals surface area (Å²) in [7, 11) is 0. The number of fused-ring (bicyclic) bond motifs is 1. The van der Waals surface area contributed by atoms with Crippen molar-refractivity contribution in [2.24, 2.45) is 11.8 Å². The number of piperidine rings is 1. The lowest BCUT2D eigenvalue weighted by atomic mass is 9.75. The Hall–Kier alpha value is -2.04. The predicted molar refractivity (Wildman–Crippen MR) is 103 cm³/mol. The maximum Gasteiger partial charge on any atom is 0.317 e. The molecule has 2 fully saturated rings. The molecule has 142 valence electrons. The Balaban J connectivity index is 1.28. The molecule has 0 bridgehead atoms. The Morgan fingerprint density at radius 2 is 1.77 bits per heavy atom. The Morgan fingerprint density at radius 3 is 2.58 bits per heavy atom. The zero-order chi connectivity index (χ0) is 18.2. The number of rotatable bonds is 6. The Labute approximate surface area is 156 Å². The molecule has 1 aliphatic heterocycles. The SMILES string of the molecule is O=C(CCCNC(=O)N1CCC2CCCCC2C1)NCc1ccccc1. The summed E-state index contributed by atoms with van der Waals surface area (Å²) < 4.78 is 0. The number of carbonyl (C=O) groups is 2. The van der Waals surface area contributed by atoms with Gasteiger partial charge in [-0.15, -0.1) is 0 Å². The molecule has 2 aliphatic rings. The van der Waals surface area contributed by atoms with Crippen molar-refractivity contribution in [3.05, 3.63) is 35.9 Å². The van der Waals surface area contributed by atoms with E-state index in [0.717, 1.165) is 31.0 Å². The van der Waals surface area contributed by atoms with Gasteiger partial charge in [0.2, 0.25) is 5.91 Å². The molecule has 2 unspecified atom stereocenters. The quantitative estimate of drug-likeness (QED) is 0.768. The monoisotopic (exact) mass is 357 g/mol. The van der Waals surface area contributed by atoms with Crippen LogP contribution in [0.2, 0.25) is 0 Å². The first-order valence-corrected chi connectivity index (χ1v) is 10.1. The largest absolute Gasteiger partial charge is 0.352 e. The van der Waals surface area contributed by atoms with Crippen molar-refractivity contribution in [3.8, 4) is 0 Å². The van der Waals surface area contributed by atoms with Crippen LogP contribution in [0.3, 0.4) is 0 Å². The smallest absolute Gasteiger partial charge is 0.317 e. The summed E-state index contributed by atoms with van der Waals surface area (Å²) in [5.41, 5.74) is 1.10. The Kier molecular flexibility index (Phi) is 6.92. The molecule has 3 amide bonds. The van der Waals surface area contributed by atoms with Crippen LogP contribution in [0.1, 0.15) is 50.5 Å². The average molecular weight is 357 g/mol. The Bertz CT molecular complexity index is 590. The van der Waals surface area contributed by atoms with Gasteiger partial charge in [-0.1, -0.05) is 49.6 Å². The van der Waals surface area contributed by atoms with Crippen molar-refractivity contribution in [2.75, 3.05) is 19.6 Å². The zero-order valence-electron chi connectivity index (χ0n) is 15.6. The fourth-order valence-electron chi connectivity index (χ4n) is 4.23. The second-order valence-corrected chi connectivity index (χ2v) is 7.64. The molecule has 1 aromatic carbocycles. The topological polar surface area (TPSA) is 61.4 Å². The summed E-state index contributed by atoms with van der Waals surface area (Å²) in [6.45, 7) is 2.91. The minimum Gasteiger partial charge on any atom is -0.352 e. The minimum absolute atomic E-state index is 0.0334. The molecule has 1 saturated heterocycles. The zero-order valence-corrected chi connectivity index (χ0v) is 15.6. The van der Waals surface area contributed by atoms with Crippen molar-refractivity contribution in [1.29, 1.82) is 0 Å². The van der Waals surface area contributed by atoms with Crippen LogP contribution >= 0.6 is 0 Å². The van der Waals surface area contributed by atoms with E-state index in [1.807, 2.05) is 35.2 Å². The molecule has 1 heterocycles. The second kappa shape index (κ2) is 9.60. The van der Waals surface area contributed by atoms with Crippen LogP contribution in [-0.4, -0.2) is 36.5 Å². The highest BCUT2D eigenvalue weighted by Crippen LogP contribution is 2.35. The number of nitrogens with zero attached hydrogens (tertiary/aromatic N) is 1. The molecule has 0 aromatic heterocycles. The number of amides is 3. The third-order valence-corrected chi connectivity index (χ3v) is 5.77. The van der Waals surface area contributed by atoms with Gasteiger partial charge in [0.05, 0.1) is 0 Å². The molecule has 1 aromatic rings. The van der Waals surface area contributed by atoms with Crippen molar-refractivity contribution in [2.45, 2.75) is 51.5 Å². The minimum atomic E-state index is 0.0334. The number of hydrogen-bond acceptors (Lipinski definition) is 2. The number of likely N-dealkylation sites (tertiary alicyclic amines) is 1. The number of carbonyl (C=O) groups excluding carboxylic acids is 2. The predicted octanol–water partition coefficient (Wildman–Crippen LogP) is 3.30. The maximum absolute atomic E-state index is 12.3. The highest BCUT2D eigenvalue weighted by atomic mass is 16.2. The summed E-state index contributed by atoms with van der Waals surface area (Å²) in [5, 5.41) is 5.90. The van der Waals surface area contributed by atoms with Gasteiger partial charge in [-0.2, -0.15) is 0 Å². The fraction of sp³-hybridized carbons (Fsp3) is 0.619. The molecule has 5 nitrogen and oxygen atoms in total.